The summed E-state index contributed by atoms with van der Waals surface area (Å²) in [4.78, 5) is 34.7. The molecule has 0 aromatic carbocycles. The van der Waals surface area contributed by atoms with E-state index in [-0.39, 0.29) is 24.5 Å². The summed E-state index contributed by atoms with van der Waals surface area (Å²) in [6.45, 7) is 4.13. The molecule has 0 fully saturated rings. The second kappa shape index (κ2) is 31.8. The van der Waals surface area contributed by atoms with Gasteiger partial charge in [-0.1, -0.05) is 122 Å². The topological polar surface area (TPSA) is 92.7 Å². The number of nitrogens with one attached hydrogen (secondary N) is 1. The Balaban J connectivity index is 4.11. The van der Waals surface area contributed by atoms with Crippen molar-refractivity contribution in [2.45, 2.75) is 180 Å². The molecule has 1 atom stereocenters. The number of amides is 1. The molecule has 6 nitrogen and oxygen atoms in total. The monoisotopic (exact) mass is 591 g/mol. The average Bonchev–Trinajstić information content (AvgIpc) is 2.97. The van der Waals surface area contributed by atoms with E-state index in [0.29, 0.717) is 12.8 Å². The molecule has 0 rings (SSSR count). The lowest BCUT2D eigenvalue weighted by molar-refractivity contribution is -0.150. The fourth-order valence-electron chi connectivity index (χ4n) is 5.02. The van der Waals surface area contributed by atoms with E-state index in [4.69, 9.17) is 9.84 Å². The Labute approximate surface area is 258 Å². The van der Waals surface area contributed by atoms with Gasteiger partial charge in [0.05, 0.1) is 0 Å². The number of carboxylic acid groups (broad SMARTS) is 1. The van der Waals surface area contributed by atoms with Crippen LogP contribution in [-0.4, -0.2) is 35.6 Å². The van der Waals surface area contributed by atoms with Crippen molar-refractivity contribution in [3.05, 3.63) is 24.3 Å². The molecule has 6 heteroatoms. The Kier molecular flexibility index (Phi) is 30.2. The van der Waals surface area contributed by atoms with Crippen molar-refractivity contribution in [3.8, 4) is 0 Å². The van der Waals surface area contributed by atoms with Crippen LogP contribution < -0.4 is 5.32 Å². The fourth-order valence-corrected chi connectivity index (χ4v) is 5.02. The Morgan fingerprint density at radius 3 is 1.74 bits per heavy atom. The van der Waals surface area contributed by atoms with E-state index in [2.05, 4.69) is 43.5 Å². The Morgan fingerprint density at radius 2 is 1.14 bits per heavy atom. The number of rotatable bonds is 31. The first kappa shape index (κ1) is 39.9. The van der Waals surface area contributed by atoms with Crippen molar-refractivity contribution in [1.82, 2.24) is 5.32 Å². The van der Waals surface area contributed by atoms with Gasteiger partial charge in [-0.15, -0.1) is 0 Å². The first-order valence-electron chi connectivity index (χ1n) is 17.5. The number of esters is 1. The predicted molar refractivity (Wildman–Crippen MR) is 176 cm³/mol. The summed E-state index contributed by atoms with van der Waals surface area (Å²) in [6.07, 6.45) is 35.8. The van der Waals surface area contributed by atoms with Crippen molar-refractivity contribution in [2.75, 3.05) is 6.54 Å². The highest BCUT2D eigenvalue weighted by Gasteiger charge is 2.14. The van der Waals surface area contributed by atoms with Crippen molar-refractivity contribution >= 4 is 17.8 Å². The van der Waals surface area contributed by atoms with Gasteiger partial charge in [-0.2, -0.15) is 0 Å². The average molecular weight is 592 g/mol. The zero-order chi connectivity index (χ0) is 30.9. The number of hydrogen-bond acceptors (Lipinski definition) is 4. The van der Waals surface area contributed by atoms with E-state index >= 15 is 0 Å². The number of unbranched alkanes of at least 4 members (excludes halogenated alkanes) is 16. The maximum Gasteiger partial charge on any atom is 0.322 e. The third kappa shape index (κ3) is 30.8. The number of ether oxygens (including phenoxy) is 1. The van der Waals surface area contributed by atoms with Crippen LogP contribution in [0.1, 0.15) is 174 Å². The lowest BCUT2D eigenvalue weighted by Crippen LogP contribution is -2.28. The third-order valence-corrected chi connectivity index (χ3v) is 7.61. The molecule has 1 amide bonds. The molecule has 244 valence electrons. The maximum absolute atomic E-state index is 12.6. The van der Waals surface area contributed by atoms with Crippen molar-refractivity contribution < 1.29 is 24.2 Å². The molecule has 0 heterocycles. The van der Waals surface area contributed by atoms with Crippen LogP contribution in [0.3, 0.4) is 0 Å². The Bertz CT molecular complexity index is 703. The molecule has 0 aliphatic carbocycles. The molecule has 0 saturated carbocycles. The molecule has 42 heavy (non-hydrogen) atoms. The molecule has 0 radical (unpaired) electrons. The predicted octanol–water partition coefficient (Wildman–Crippen LogP) is 10.0. The summed E-state index contributed by atoms with van der Waals surface area (Å²) < 4.78 is 5.95. The van der Waals surface area contributed by atoms with Gasteiger partial charge in [0.2, 0.25) is 5.91 Å². The van der Waals surface area contributed by atoms with Gasteiger partial charge >= 0.3 is 11.9 Å². The van der Waals surface area contributed by atoms with Crippen LogP contribution in [0.2, 0.25) is 0 Å². The van der Waals surface area contributed by atoms with E-state index in [1.165, 1.54) is 70.6 Å². The molecule has 0 saturated heterocycles. The van der Waals surface area contributed by atoms with Gasteiger partial charge < -0.3 is 15.2 Å². The van der Waals surface area contributed by atoms with Crippen LogP contribution in [0.25, 0.3) is 0 Å². The molecule has 0 aliphatic heterocycles. The Morgan fingerprint density at radius 1 is 0.619 bits per heavy atom. The highest BCUT2D eigenvalue weighted by atomic mass is 16.5. The van der Waals surface area contributed by atoms with E-state index in [1.54, 1.807) is 0 Å². The minimum atomic E-state index is -1.02. The van der Waals surface area contributed by atoms with Crippen LogP contribution in [-0.2, 0) is 19.1 Å². The normalized spacial score (nSPS) is 12.2. The molecule has 0 aromatic rings. The van der Waals surface area contributed by atoms with Gasteiger partial charge in [-0.3, -0.25) is 14.4 Å². The number of carbonyl (C=O) groups is 3. The fraction of sp³-hybridized carbons (Fsp3) is 0.806. The summed E-state index contributed by atoms with van der Waals surface area (Å²) in [5.41, 5.74) is 0. The molecule has 1 unspecified atom stereocenters. The zero-order valence-electron chi connectivity index (χ0n) is 27.4. The summed E-state index contributed by atoms with van der Waals surface area (Å²) in [5, 5.41) is 11.0. The molecular formula is C36H65NO5. The molecule has 0 aromatic heterocycles. The van der Waals surface area contributed by atoms with Gasteiger partial charge in [0.25, 0.3) is 0 Å². The van der Waals surface area contributed by atoms with Crippen LogP contribution in [0.4, 0.5) is 0 Å². The summed E-state index contributed by atoms with van der Waals surface area (Å²) in [6, 6.07) is 0. The van der Waals surface area contributed by atoms with E-state index in [0.717, 1.165) is 77.0 Å². The molecule has 2 N–H and O–H groups in total. The van der Waals surface area contributed by atoms with Gasteiger partial charge in [-0.05, 0) is 64.2 Å². The summed E-state index contributed by atoms with van der Waals surface area (Å²) in [5.74, 6) is -1.25. The van der Waals surface area contributed by atoms with Gasteiger partial charge in [-0.25, -0.2) is 0 Å². The van der Waals surface area contributed by atoms with Crippen molar-refractivity contribution in [3.63, 3.8) is 0 Å². The van der Waals surface area contributed by atoms with Gasteiger partial charge in [0.1, 0.15) is 12.6 Å². The third-order valence-electron chi connectivity index (χ3n) is 7.61. The number of allylic oxidation sites excluding steroid dienone is 4. The second-order valence-electron chi connectivity index (χ2n) is 11.8. The smallest absolute Gasteiger partial charge is 0.322 e. The molecule has 0 spiro atoms. The van der Waals surface area contributed by atoms with Crippen LogP contribution in [0.5, 0.6) is 0 Å². The van der Waals surface area contributed by atoms with Crippen LogP contribution in [0, 0.1) is 0 Å². The van der Waals surface area contributed by atoms with Crippen molar-refractivity contribution in [1.29, 1.82) is 0 Å². The van der Waals surface area contributed by atoms with Gasteiger partial charge in [0, 0.05) is 12.8 Å². The lowest BCUT2D eigenvalue weighted by Gasteiger charge is -2.18. The second-order valence-corrected chi connectivity index (χ2v) is 11.8. The summed E-state index contributed by atoms with van der Waals surface area (Å²) >= 11 is 0. The number of hydrogen-bond donors (Lipinski definition) is 2. The zero-order valence-corrected chi connectivity index (χ0v) is 27.4. The first-order valence-corrected chi connectivity index (χ1v) is 17.5. The standard InChI is InChI=1S/C36H65NO5/c1-3-5-7-9-11-12-13-14-15-16-18-23-27-31-36(41)42-33(28-24-20-17-10-8-6-4-2)29-25-21-19-22-26-30-34(38)37-32-35(39)40/h7,9,12-13,33H,3-6,8,10-11,14-32H2,1-2H3,(H,37,38)(H,39,40)/b9-7-,13-12-. The largest absolute Gasteiger partial charge is 0.480 e. The first-order chi connectivity index (χ1) is 20.5. The van der Waals surface area contributed by atoms with E-state index < -0.39 is 5.97 Å². The maximum atomic E-state index is 12.6. The van der Waals surface area contributed by atoms with Crippen molar-refractivity contribution in [2.24, 2.45) is 0 Å². The van der Waals surface area contributed by atoms with Crippen LogP contribution >= 0.6 is 0 Å². The molecule has 0 bridgehead atoms. The summed E-state index contributed by atoms with van der Waals surface area (Å²) in [7, 11) is 0. The molecule has 0 aliphatic rings. The minimum Gasteiger partial charge on any atom is -0.480 e. The number of carbonyl (C=O) groups excluding carboxylic acids is 2. The van der Waals surface area contributed by atoms with E-state index in [1.807, 2.05) is 0 Å². The van der Waals surface area contributed by atoms with Crippen LogP contribution in [0.15, 0.2) is 24.3 Å². The minimum absolute atomic E-state index is 0.0264. The molecular weight excluding hydrogens is 526 g/mol. The highest BCUT2D eigenvalue weighted by Crippen LogP contribution is 2.18. The lowest BCUT2D eigenvalue weighted by atomic mass is 10.0. The quantitative estimate of drug-likeness (QED) is 0.0475. The Hall–Kier alpha value is -2.11. The number of carboxylic acids is 1. The van der Waals surface area contributed by atoms with E-state index in [9.17, 15) is 14.4 Å². The number of aliphatic carboxylic acids is 1. The van der Waals surface area contributed by atoms with Gasteiger partial charge in [0.15, 0.2) is 0 Å². The SMILES string of the molecule is CCC/C=C\C/C=C\CCCCCCCC(=O)OC(CCCCCCCCC)CCCCCCCC(=O)NCC(=O)O. The highest BCUT2D eigenvalue weighted by molar-refractivity contribution is 5.80.